The van der Waals surface area contributed by atoms with E-state index in [4.69, 9.17) is 5.73 Å². The minimum absolute atomic E-state index is 0.0971. The number of H-pyrrole nitrogens is 1. The number of rotatable bonds is 2. The molecule has 0 saturated heterocycles. The molecule has 4 heteroatoms. The number of para-hydroxylation sites is 1. The number of hydrogen-bond acceptors (Lipinski definition) is 2. The van der Waals surface area contributed by atoms with Gasteiger partial charge in [0.1, 0.15) is 0 Å². The summed E-state index contributed by atoms with van der Waals surface area (Å²) in [5, 5.41) is 1.30. The van der Waals surface area contributed by atoms with Gasteiger partial charge in [0.15, 0.2) is 0 Å². The highest BCUT2D eigenvalue weighted by Gasteiger charge is 2.53. The summed E-state index contributed by atoms with van der Waals surface area (Å²) in [5.41, 5.74) is 9.17. The molecule has 2 aliphatic rings. The second kappa shape index (κ2) is 4.34. The van der Waals surface area contributed by atoms with Gasteiger partial charge in [-0.1, -0.05) is 24.6 Å². The Bertz CT molecular complexity index is 714. The normalized spacial score (nSPS) is 24.5. The van der Waals surface area contributed by atoms with Gasteiger partial charge in [-0.3, -0.25) is 9.69 Å². The van der Waals surface area contributed by atoms with Crippen molar-refractivity contribution in [2.45, 2.75) is 31.7 Å². The average molecular weight is 283 g/mol. The molecule has 2 heterocycles. The third-order valence-corrected chi connectivity index (χ3v) is 5.54. The molecule has 0 spiro atoms. The summed E-state index contributed by atoms with van der Waals surface area (Å²) in [7, 11) is 2.11. The van der Waals surface area contributed by atoms with Gasteiger partial charge in [0.25, 0.3) is 0 Å². The maximum atomic E-state index is 12.2. The van der Waals surface area contributed by atoms with E-state index in [9.17, 15) is 4.79 Å². The summed E-state index contributed by atoms with van der Waals surface area (Å²) in [6.45, 7) is 0.981. The largest absolute Gasteiger partial charge is 0.369 e. The maximum absolute atomic E-state index is 12.2. The van der Waals surface area contributed by atoms with Crippen LogP contribution in [0.2, 0.25) is 0 Å². The topological polar surface area (TPSA) is 62.1 Å². The molecule has 1 aliphatic heterocycles. The average Bonchev–Trinajstić information content (AvgIpc) is 2.78. The Morgan fingerprint density at radius 1 is 1.38 bits per heavy atom. The van der Waals surface area contributed by atoms with E-state index in [1.165, 1.54) is 22.2 Å². The zero-order valence-corrected chi connectivity index (χ0v) is 12.4. The minimum atomic E-state index is -0.384. The first kappa shape index (κ1) is 12.9. The monoisotopic (exact) mass is 283 g/mol. The highest BCUT2D eigenvalue weighted by Crippen LogP contribution is 2.54. The molecule has 110 valence electrons. The van der Waals surface area contributed by atoms with Gasteiger partial charge >= 0.3 is 0 Å². The van der Waals surface area contributed by atoms with Crippen LogP contribution in [0.5, 0.6) is 0 Å². The van der Waals surface area contributed by atoms with Crippen LogP contribution in [0, 0.1) is 5.41 Å². The third kappa shape index (κ3) is 1.62. The number of likely N-dealkylation sites (N-methyl/N-ethyl adjacent to an activating group) is 1. The SMILES string of the molecule is CN1CCc2c([nH]c3ccccc23)C1C1(C(N)=O)CCC1. The highest BCUT2D eigenvalue weighted by atomic mass is 16.1. The molecular formula is C17H21N3O. The lowest BCUT2D eigenvalue weighted by Crippen LogP contribution is -2.53. The number of carbonyl (C=O) groups excluding carboxylic acids is 1. The van der Waals surface area contributed by atoms with Crippen LogP contribution in [0.3, 0.4) is 0 Å². The van der Waals surface area contributed by atoms with Crippen molar-refractivity contribution in [3.05, 3.63) is 35.5 Å². The quantitative estimate of drug-likeness (QED) is 0.888. The van der Waals surface area contributed by atoms with Crippen LogP contribution in [0.1, 0.15) is 36.6 Å². The Balaban J connectivity index is 1.91. The number of hydrogen-bond donors (Lipinski definition) is 2. The molecule has 1 aromatic heterocycles. The molecule has 1 unspecified atom stereocenters. The first-order valence-electron chi connectivity index (χ1n) is 7.73. The van der Waals surface area contributed by atoms with Crippen LogP contribution in [0.15, 0.2) is 24.3 Å². The zero-order valence-electron chi connectivity index (χ0n) is 12.4. The molecule has 4 nitrogen and oxygen atoms in total. The molecule has 2 aromatic rings. The minimum Gasteiger partial charge on any atom is -0.369 e. The number of benzene rings is 1. The van der Waals surface area contributed by atoms with Crippen molar-refractivity contribution in [2.24, 2.45) is 11.1 Å². The van der Waals surface area contributed by atoms with Crippen LogP contribution in [0.25, 0.3) is 10.9 Å². The molecule has 21 heavy (non-hydrogen) atoms. The number of amides is 1. The molecule has 4 rings (SSSR count). The van der Waals surface area contributed by atoms with Crippen LogP contribution in [-0.4, -0.2) is 29.4 Å². The molecule has 1 aromatic carbocycles. The Morgan fingerprint density at radius 2 is 2.14 bits per heavy atom. The van der Waals surface area contributed by atoms with E-state index < -0.39 is 0 Å². The van der Waals surface area contributed by atoms with Crippen LogP contribution >= 0.6 is 0 Å². The van der Waals surface area contributed by atoms with Gasteiger partial charge in [-0.2, -0.15) is 0 Å². The molecule has 0 radical (unpaired) electrons. The van der Waals surface area contributed by atoms with Crippen LogP contribution in [-0.2, 0) is 11.2 Å². The second-order valence-corrected chi connectivity index (χ2v) is 6.57. The van der Waals surface area contributed by atoms with Gasteiger partial charge in [0.2, 0.25) is 5.91 Å². The lowest BCUT2D eigenvalue weighted by molar-refractivity contribution is -0.139. The number of primary amides is 1. The number of carbonyl (C=O) groups is 1. The van der Waals surface area contributed by atoms with E-state index in [0.29, 0.717) is 0 Å². The number of fused-ring (bicyclic) bond motifs is 3. The fourth-order valence-electron chi connectivity index (χ4n) is 4.27. The van der Waals surface area contributed by atoms with Gasteiger partial charge < -0.3 is 10.7 Å². The first-order valence-corrected chi connectivity index (χ1v) is 7.73. The predicted octanol–water partition coefficient (Wildman–Crippen LogP) is 2.35. The van der Waals surface area contributed by atoms with Crippen LogP contribution < -0.4 is 5.73 Å². The summed E-state index contributed by atoms with van der Waals surface area (Å²) in [4.78, 5) is 18.0. The van der Waals surface area contributed by atoms with Gasteiger partial charge in [0.05, 0.1) is 11.5 Å². The van der Waals surface area contributed by atoms with E-state index in [1.807, 2.05) is 0 Å². The van der Waals surface area contributed by atoms with Crippen molar-refractivity contribution in [3.63, 3.8) is 0 Å². The zero-order chi connectivity index (χ0) is 14.6. The molecule has 3 N–H and O–H groups in total. The Hall–Kier alpha value is -1.81. The standard InChI is InChI=1S/C17H21N3O/c1-20-10-7-12-11-5-2-3-6-13(11)19-14(12)15(20)17(16(18)21)8-4-9-17/h2-3,5-6,15,19H,4,7-10H2,1H3,(H2,18,21). The number of aromatic amines is 1. The summed E-state index contributed by atoms with van der Waals surface area (Å²) in [6, 6.07) is 8.51. The molecule has 1 fully saturated rings. The Labute approximate surface area is 124 Å². The van der Waals surface area contributed by atoms with Gasteiger partial charge in [-0.15, -0.1) is 0 Å². The molecule has 1 aliphatic carbocycles. The molecule has 1 amide bonds. The van der Waals surface area contributed by atoms with Crippen molar-refractivity contribution in [1.29, 1.82) is 0 Å². The van der Waals surface area contributed by atoms with Crippen molar-refractivity contribution in [1.82, 2.24) is 9.88 Å². The Morgan fingerprint density at radius 3 is 2.81 bits per heavy atom. The van der Waals surface area contributed by atoms with E-state index >= 15 is 0 Å². The fraction of sp³-hybridized carbons (Fsp3) is 0.471. The highest BCUT2D eigenvalue weighted by molar-refractivity contribution is 5.87. The van der Waals surface area contributed by atoms with Crippen molar-refractivity contribution >= 4 is 16.8 Å². The number of nitrogens with zero attached hydrogens (tertiary/aromatic N) is 1. The van der Waals surface area contributed by atoms with Gasteiger partial charge in [-0.05, 0) is 37.9 Å². The summed E-state index contributed by atoms with van der Waals surface area (Å²) in [6.07, 6.45) is 3.95. The molecule has 1 atom stereocenters. The number of nitrogens with one attached hydrogen (secondary N) is 1. The van der Waals surface area contributed by atoms with Gasteiger partial charge in [-0.25, -0.2) is 0 Å². The second-order valence-electron chi connectivity index (χ2n) is 6.57. The van der Waals surface area contributed by atoms with Crippen LogP contribution in [0.4, 0.5) is 0 Å². The van der Waals surface area contributed by atoms with E-state index in [1.54, 1.807) is 0 Å². The van der Waals surface area contributed by atoms with E-state index in [-0.39, 0.29) is 17.4 Å². The van der Waals surface area contributed by atoms with E-state index in [2.05, 4.69) is 41.2 Å². The number of nitrogens with two attached hydrogens (primary N) is 1. The van der Waals surface area contributed by atoms with E-state index in [0.717, 1.165) is 32.2 Å². The molecular weight excluding hydrogens is 262 g/mol. The Kier molecular flexibility index (Phi) is 2.67. The van der Waals surface area contributed by atoms with Crippen molar-refractivity contribution < 1.29 is 4.79 Å². The fourth-order valence-corrected chi connectivity index (χ4v) is 4.27. The van der Waals surface area contributed by atoms with Crippen molar-refractivity contribution in [3.8, 4) is 0 Å². The molecule has 1 saturated carbocycles. The summed E-state index contributed by atoms with van der Waals surface area (Å²) < 4.78 is 0. The maximum Gasteiger partial charge on any atom is 0.225 e. The third-order valence-electron chi connectivity index (χ3n) is 5.54. The van der Waals surface area contributed by atoms with Gasteiger partial charge in [0, 0.05) is 23.1 Å². The lowest BCUT2D eigenvalue weighted by Gasteiger charge is -2.50. The first-order chi connectivity index (χ1) is 10.1. The number of aromatic nitrogens is 1. The lowest BCUT2D eigenvalue weighted by atomic mass is 9.61. The predicted molar refractivity (Wildman–Crippen MR) is 82.9 cm³/mol. The summed E-state index contributed by atoms with van der Waals surface area (Å²) >= 11 is 0. The molecule has 0 bridgehead atoms. The summed E-state index contributed by atoms with van der Waals surface area (Å²) in [5.74, 6) is -0.142. The smallest absolute Gasteiger partial charge is 0.225 e. The van der Waals surface area contributed by atoms with Crippen molar-refractivity contribution in [2.75, 3.05) is 13.6 Å².